The van der Waals surface area contributed by atoms with E-state index < -0.39 is 11.3 Å². The monoisotopic (exact) mass is 259 g/mol. The number of pyridine rings is 1. The maximum atomic E-state index is 12.3. The molecule has 0 aliphatic carbocycles. The zero-order chi connectivity index (χ0) is 14.0. The van der Waals surface area contributed by atoms with Gasteiger partial charge in [0.05, 0.1) is 18.2 Å². The van der Waals surface area contributed by atoms with Gasteiger partial charge in [0.25, 0.3) is 5.56 Å². The number of benzene rings is 1. The van der Waals surface area contributed by atoms with Crippen molar-refractivity contribution >= 4 is 5.78 Å². The van der Waals surface area contributed by atoms with Crippen molar-refractivity contribution < 1.29 is 14.6 Å². The van der Waals surface area contributed by atoms with E-state index in [2.05, 4.69) is 0 Å². The van der Waals surface area contributed by atoms with Crippen LogP contribution >= 0.6 is 0 Å². The van der Waals surface area contributed by atoms with Crippen LogP contribution in [0.4, 0.5) is 0 Å². The van der Waals surface area contributed by atoms with Gasteiger partial charge < -0.3 is 14.4 Å². The molecule has 0 fully saturated rings. The summed E-state index contributed by atoms with van der Waals surface area (Å²) in [6.45, 7) is 0. The van der Waals surface area contributed by atoms with Crippen molar-refractivity contribution in [3.05, 3.63) is 58.0 Å². The summed E-state index contributed by atoms with van der Waals surface area (Å²) in [5.41, 5.74) is -0.356. The maximum absolute atomic E-state index is 12.3. The third-order valence-electron chi connectivity index (χ3n) is 2.82. The van der Waals surface area contributed by atoms with Crippen LogP contribution in [0.1, 0.15) is 15.9 Å². The Morgan fingerprint density at radius 1 is 1.26 bits per heavy atom. The van der Waals surface area contributed by atoms with E-state index in [-0.39, 0.29) is 16.9 Å². The number of hydrogen-bond donors (Lipinski definition) is 1. The fourth-order valence-corrected chi connectivity index (χ4v) is 1.74. The number of rotatable bonds is 3. The Balaban J connectivity index is 2.56. The summed E-state index contributed by atoms with van der Waals surface area (Å²) in [4.78, 5) is 24.2. The van der Waals surface area contributed by atoms with Crippen molar-refractivity contribution in [1.29, 1.82) is 0 Å². The topological polar surface area (TPSA) is 68.5 Å². The predicted molar refractivity (Wildman–Crippen MR) is 69.8 cm³/mol. The van der Waals surface area contributed by atoms with Crippen molar-refractivity contribution in [2.24, 2.45) is 7.05 Å². The zero-order valence-electron chi connectivity index (χ0n) is 10.6. The number of carbonyl (C=O) groups excluding carboxylic acids is 1. The number of ether oxygens (including phenoxy) is 1. The van der Waals surface area contributed by atoms with Crippen LogP contribution in [0.3, 0.4) is 0 Å². The van der Waals surface area contributed by atoms with E-state index in [0.29, 0.717) is 5.75 Å². The average molecular weight is 259 g/mol. The summed E-state index contributed by atoms with van der Waals surface area (Å²) >= 11 is 0. The minimum absolute atomic E-state index is 0.00792. The molecule has 2 aromatic rings. The number of phenolic OH excluding ortho intramolecular Hbond substituents is 1. The van der Waals surface area contributed by atoms with Crippen LogP contribution in [0.5, 0.6) is 11.5 Å². The molecule has 0 unspecified atom stereocenters. The van der Waals surface area contributed by atoms with Crippen LogP contribution in [0, 0.1) is 0 Å². The molecule has 1 aromatic carbocycles. The Bertz CT molecular complexity index is 688. The van der Waals surface area contributed by atoms with Crippen LogP contribution < -0.4 is 10.3 Å². The van der Waals surface area contributed by atoms with Crippen molar-refractivity contribution in [2.45, 2.75) is 0 Å². The molecule has 5 heteroatoms. The highest BCUT2D eigenvalue weighted by Crippen LogP contribution is 2.24. The summed E-state index contributed by atoms with van der Waals surface area (Å²) in [5, 5.41) is 9.74. The molecule has 0 aliphatic heterocycles. The summed E-state index contributed by atoms with van der Waals surface area (Å²) in [6, 6.07) is 7.34. The first kappa shape index (κ1) is 12.9. The van der Waals surface area contributed by atoms with Crippen LogP contribution in [0.25, 0.3) is 0 Å². The Kier molecular flexibility index (Phi) is 3.37. The van der Waals surface area contributed by atoms with Crippen molar-refractivity contribution in [1.82, 2.24) is 4.57 Å². The molecular weight excluding hydrogens is 246 g/mol. The number of nitrogens with zero attached hydrogens (tertiary/aromatic N) is 1. The second-order valence-corrected chi connectivity index (χ2v) is 4.05. The van der Waals surface area contributed by atoms with E-state index in [1.54, 1.807) is 19.3 Å². The van der Waals surface area contributed by atoms with E-state index in [9.17, 15) is 14.7 Å². The summed E-state index contributed by atoms with van der Waals surface area (Å²) in [5.74, 6) is -0.275. The molecule has 0 amide bonds. The summed E-state index contributed by atoms with van der Waals surface area (Å²) in [7, 11) is 3.02. The highest BCUT2D eigenvalue weighted by atomic mass is 16.5. The van der Waals surface area contributed by atoms with Gasteiger partial charge in [0.2, 0.25) is 5.78 Å². The van der Waals surface area contributed by atoms with Crippen LogP contribution in [0.15, 0.2) is 41.3 Å². The number of aromatic hydroxyl groups is 1. The first-order valence-corrected chi connectivity index (χ1v) is 5.62. The lowest BCUT2D eigenvalue weighted by atomic mass is 10.0. The Morgan fingerprint density at radius 3 is 2.68 bits per heavy atom. The average Bonchev–Trinajstić information content (AvgIpc) is 2.42. The maximum Gasteiger partial charge on any atom is 0.261 e. The molecular formula is C14H13NO4. The third-order valence-corrected chi connectivity index (χ3v) is 2.82. The number of ketones is 1. The molecule has 2 rings (SSSR count). The van der Waals surface area contributed by atoms with E-state index in [1.807, 2.05) is 0 Å². The van der Waals surface area contributed by atoms with Crippen molar-refractivity contribution in [2.75, 3.05) is 7.11 Å². The molecule has 0 bridgehead atoms. The van der Waals surface area contributed by atoms with Gasteiger partial charge >= 0.3 is 0 Å². The molecule has 19 heavy (non-hydrogen) atoms. The second kappa shape index (κ2) is 4.97. The van der Waals surface area contributed by atoms with E-state index in [1.165, 1.54) is 35.9 Å². The fourth-order valence-electron chi connectivity index (χ4n) is 1.74. The first-order chi connectivity index (χ1) is 9.04. The van der Waals surface area contributed by atoms with Crippen LogP contribution in [-0.2, 0) is 7.05 Å². The van der Waals surface area contributed by atoms with Gasteiger partial charge in [-0.3, -0.25) is 9.59 Å². The molecule has 1 heterocycles. The minimum Gasteiger partial charge on any atom is -0.507 e. The lowest BCUT2D eigenvalue weighted by Crippen LogP contribution is -2.23. The van der Waals surface area contributed by atoms with E-state index >= 15 is 0 Å². The Morgan fingerprint density at radius 2 is 2.00 bits per heavy atom. The van der Waals surface area contributed by atoms with Crippen LogP contribution in [-0.4, -0.2) is 22.6 Å². The predicted octanol–water partition coefficient (Wildman–Crippen LogP) is 1.33. The molecule has 1 aromatic heterocycles. The number of aryl methyl sites for hydroxylation is 1. The van der Waals surface area contributed by atoms with E-state index in [0.717, 1.165) is 0 Å². The van der Waals surface area contributed by atoms with Gasteiger partial charge in [-0.1, -0.05) is 0 Å². The SMILES string of the molecule is COc1ccc(O)c(C(=O)c2cccn(C)c2=O)c1. The standard InChI is InChI=1S/C14H13NO4/c1-15-7-3-4-10(14(15)18)13(17)11-8-9(19-2)5-6-12(11)16/h3-8,16H,1-2H3. The van der Waals surface area contributed by atoms with Gasteiger partial charge in [-0.25, -0.2) is 0 Å². The number of carbonyl (C=O) groups is 1. The van der Waals surface area contributed by atoms with Gasteiger partial charge in [-0.2, -0.15) is 0 Å². The Hall–Kier alpha value is -2.56. The highest BCUT2D eigenvalue weighted by molar-refractivity contribution is 6.10. The Labute approximate surface area is 109 Å². The minimum atomic E-state index is -0.530. The number of phenols is 1. The molecule has 0 atom stereocenters. The third kappa shape index (κ3) is 2.35. The fraction of sp³-hybridized carbons (Fsp3) is 0.143. The molecule has 1 N–H and O–H groups in total. The quantitative estimate of drug-likeness (QED) is 0.844. The molecule has 0 saturated carbocycles. The molecule has 0 saturated heterocycles. The van der Waals surface area contributed by atoms with Gasteiger partial charge in [0.15, 0.2) is 0 Å². The van der Waals surface area contributed by atoms with Gasteiger partial charge in [-0.15, -0.1) is 0 Å². The number of hydrogen-bond acceptors (Lipinski definition) is 4. The van der Waals surface area contributed by atoms with Gasteiger partial charge in [0, 0.05) is 13.2 Å². The number of methoxy groups -OCH3 is 1. The smallest absolute Gasteiger partial charge is 0.261 e. The lowest BCUT2D eigenvalue weighted by molar-refractivity contribution is 0.103. The summed E-state index contributed by atoms with van der Waals surface area (Å²) < 4.78 is 6.31. The normalized spacial score (nSPS) is 10.2. The van der Waals surface area contributed by atoms with Crippen LogP contribution in [0.2, 0.25) is 0 Å². The molecule has 0 radical (unpaired) electrons. The van der Waals surface area contributed by atoms with Gasteiger partial charge in [0.1, 0.15) is 11.5 Å². The largest absolute Gasteiger partial charge is 0.507 e. The summed E-state index contributed by atoms with van der Waals surface area (Å²) in [6.07, 6.45) is 1.56. The highest BCUT2D eigenvalue weighted by Gasteiger charge is 2.17. The molecule has 0 aliphatic rings. The molecule has 5 nitrogen and oxygen atoms in total. The van der Waals surface area contributed by atoms with Crippen molar-refractivity contribution in [3.63, 3.8) is 0 Å². The second-order valence-electron chi connectivity index (χ2n) is 4.05. The van der Waals surface area contributed by atoms with E-state index in [4.69, 9.17) is 4.74 Å². The van der Waals surface area contributed by atoms with Crippen molar-refractivity contribution in [3.8, 4) is 11.5 Å². The molecule has 0 spiro atoms. The van der Waals surface area contributed by atoms with Gasteiger partial charge in [-0.05, 0) is 30.3 Å². The number of aromatic nitrogens is 1. The zero-order valence-corrected chi connectivity index (χ0v) is 10.6. The first-order valence-electron chi connectivity index (χ1n) is 5.62. The lowest BCUT2D eigenvalue weighted by Gasteiger charge is -2.07. The molecule has 98 valence electrons.